The highest BCUT2D eigenvalue weighted by Crippen LogP contribution is 2.24. The fourth-order valence-corrected chi connectivity index (χ4v) is 1.64. The smallest absolute Gasteiger partial charge is 0.164 e. The molecule has 0 atom stereocenters. The van der Waals surface area contributed by atoms with Crippen LogP contribution in [0.15, 0.2) is 24.5 Å². The average Bonchev–Trinajstić information content (AvgIpc) is 2.88. The molecule has 0 spiro atoms. The highest BCUT2D eigenvalue weighted by molar-refractivity contribution is 5.79. The first kappa shape index (κ1) is 14.0. The van der Waals surface area contributed by atoms with Crippen LogP contribution in [-0.2, 0) is 13.7 Å². The second-order valence-corrected chi connectivity index (χ2v) is 4.25. The number of ether oxygens (including phenoxy) is 2. The summed E-state index contributed by atoms with van der Waals surface area (Å²) >= 11 is 0. The molecule has 1 aromatic carbocycles. The van der Waals surface area contributed by atoms with Gasteiger partial charge in [0.15, 0.2) is 12.1 Å². The maximum absolute atomic E-state index is 11.0. The second kappa shape index (κ2) is 6.70. The van der Waals surface area contributed by atoms with E-state index in [1.807, 2.05) is 6.92 Å². The number of nitrogens with zero attached hydrogens (tertiary/aromatic N) is 3. The summed E-state index contributed by atoms with van der Waals surface area (Å²) < 4.78 is 12.8. The van der Waals surface area contributed by atoms with Crippen LogP contribution in [0.3, 0.4) is 0 Å². The molecule has 6 nitrogen and oxygen atoms in total. The predicted molar refractivity (Wildman–Crippen MR) is 73.0 cm³/mol. The fraction of sp³-hybridized carbons (Fsp3) is 0.357. The lowest BCUT2D eigenvalue weighted by molar-refractivity contribution is 0.111. The van der Waals surface area contributed by atoms with Crippen molar-refractivity contribution < 1.29 is 14.3 Å². The van der Waals surface area contributed by atoms with Crippen molar-refractivity contribution in [2.75, 3.05) is 6.61 Å². The first-order valence-corrected chi connectivity index (χ1v) is 6.42. The highest BCUT2D eigenvalue weighted by atomic mass is 16.5. The Morgan fingerprint density at radius 1 is 1.35 bits per heavy atom. The standard InChI is InChI=1S/C14H17N3O3/c1-3-6-19-12-5-4-11(8-18)13(7-12)20-9-14-15-10-16-17(14)2/h4-5,7-8,10H,3,6,9H2,1-2H3. The molecule has 6 heteroatoms. The van der Waals surface area contributed by atoms with Gasteiger partial charge in [-0.15, -0.1) is 0 Å². The zero-order valence-electron chi connectivity index (χ0n) is 11.6. The van der Waals surface area contributed by atoms with E-state index in [4.69, 9.17) is 9.47 Å². The van der Waals surface area contributed by atoms with Crippen LogP contribution in [0.25, 0.3) is 0 Å². The molecule has 0 aliphatic heterocycles. The Morgan fingerprint density at radius 2 is 2.20 bits per heavy atom. The molecule has 0 aliphatic carbocycles. The second-order valence-electron chi connectivity index (χ2n) is 4.25. The van der Waals surface area contributed by atoms with Crippen molar-refractivity contribution >= 4 is 6.29 Å². The molecule has 2 rings (SSSR count). The van der Waals surface area contributed by atoms with E-state index < -0.39 is 0 Å². The first-order valence-electron chi connectivity index (χ1n) is 6.42. The SMILES string of the molecule is CCCOc1ccc(C=O)c(OCc2ncnn2C)c1. The van der Waals surface area contributed by atoms with E-state index in [-0.39, 0.29) is 6.61 Å². The lowest BCUT2D eigenvalue weighted by Crippen LogP contribution is -2.06. The van der Waals surface area contributed by atoms with Crippen molar-refractivity contribution in [2.24, 2.45) is 7.05 Å². The normalized spacial score (nSPS) is 10.3. The van der Waals surface area contributed by atoms with Gasteiger partial charge in [-0.3, -0.25) is 9.48 Å². The molecule has 20 heavy (non-hydrogen) atoms. The summed E-state index contributed by atoms with van der Waals surface area (Å²) in [6.07, 6.45) is 3.14. The molecule has 0 radical (unpaired) electrons. The largest absolute Gasteiger partial charge is 0.493 e. The first-order chi connectivity index (χ1) is 9.74. The molecule has 0 bridgehead atoms. The molecule has 1 heterocycles. The average molecular weight is 275 g/mol. The van der Waals surface area contributed by atoms with Crippen LogP contribution >= 0.6 is 0 Å². The van der Waals surface area contributed by atoms with Gasteiger partial charge in [-0.2, -0.15) is 5.10 Å². The van der Waals surface area contributed by atoms with Crippen LogP contribution in [0, 0.1) is 0 Å². The number of aryl methyl sites for hydroxylation is 1. The van der Waals surface area contributed by atoms with Gasteiger partial charge < -0.3 is 9.47 Å². The van der Waals surface area contributed by atoms with Crippen molar-refractivity contribution in [3.8, 4) is 11.5 Å². The maximum Gasteiger partial charge on any atom is 0.164 e. The Balaban J connectivity index is 2.11. The highest BCUT2D eigenvalue weighted by Gasteiger charge is 2.08. The van der Waals surface area contributed by atoms with Crippen molar-refractivity contribution in [2.45, 2.75) is 20.0 Å². The molecule has 0 saturated heterocycles. The van der Waals surface area contributed by atoms with Crippen LogP contribution in [0.4, 0.5) is 0 Å². The van der Waals surface area contributed by atoms with Crippen molar-refractivity contribution in [1.29, 1.82) is 0 Å². The third kappa shape index (κ3) is 3.34. The summed E-state index contributed by atoms with van der Waals surface area (Å²) in [7, 11) is 1.78. The maximum atomic E-state index is 11.0. The van der Waals surface area contributed by atoms with E-state index in [0.717, 1.165) is 12.7 Å². The molecule has 0 aliphatic rings. The van der Waals surface area contributed by atoms with Gasteiger partial charge in [0.25, 0.3) is 0 Å². The zero-order chi connectivity index (χ0) is 14.4. The van der Waals surface area contributed by atoms with Crippen LogP contribution < -0.4 is 9.47 Å². The topological polar surface area (TPSA) is 66.2 Å². The molecule has 0 amide bonds. The lowest BCUT2D eigenvalue weighted by Gasteiger charge is -2.10. The third-order valence-electron chi connectivity index (χ3n) is 2.75. The van der Waals surface area contributed by atoms with Crippen LogP contribution in [0.1, 0.15) is 29.5 Å². The summed E-state index contributed by atoms with van der Waals surface area (Å²) in [6.45, 7) is 2.91. The molecular formula is C14H17N3O3. The van der Waals surface area contributed by atoms with Gasteiger partial charge in [0.2, 0.25) is 0 Å². The molecule has 0 unspecified atom stereocenters. The van der Waals surface area contributed by atoms with Crippen LogP contribution in [0.2, 0.25) is 0 Å². The minimum atomic E-state index is 0.245. The van der Waals surface area contributed by atoms with E-state index in [1.165, 1.54) is 6.33 Å². The summed E-state index contributed by atoms with van der Waals surface area (Å²) in [5, 5.41) is 3.96. The van der Waals surface area contributed by atoms with Gasteiger partial charge >= 0.3 is 0 Å². The monoisotopic (exact) mass is 275 g/mol. The van der Waals surface area contributed by atoms with E-state index in [2.05, 4.69) is 10.1 Å². The number of hydrogen-bond acceptors (Lipinski definition) is 5. The third-order valence-corrected chi connectivity index (χ3v) is 2.75. The van der Waals surface area contributed by atoms with Crippen molar-refractivity contribution in [3.63, 3.8) is 0 Å². The fourth-order valence-electron chi connectivity index (χ4n) is 1.64. The number of aromatic nitrogens is 3. The summed E-state index contributed by atoms with van der Waals surface area (Å²) in [4.78, 5) is 15.1. The van der Waals surface area contributed by atoms with E-state index >= 15 is 0 Å². The number of benzene rings is 1. The summed E-state index contributed by atoms with van der Waals surface area (Å²) in [5.74, 6) is 1.85. The van der Waals surface area contributed by atoms with Gasteiger partial charge in [0, 0.05) is 13.1 Å². The van der Waals surface area contributed by atoms with Gasteiger partial charge in [0.05, 0.1) is 12.2 Å². The van der Waals surface area contributed by atoms with Crippen LogP contribution in [0.5, 0.6) is 11.5 Å². The zero-order valence-corrected chi connectivity index (χ0v) is 11.6. The number of aldehydes is 1. The Hall–Kier alpha value is -2.37. The Kier molecular flexibility index (Phi) is 4.70. The molecule has 106 valence electrons. The Labute approximate surface area is 117 Å². The van der Waals surface area contributed by atoms with E-state index in [0.29, 0.717) is 29.5 Å². The minimum Gasteiger partial charge on any atom is -0.493 e. The molecule has 0 N–H and O–H groups in total. The van der Waals surface area contributed by atoms with Crippen molar-refractivity contribution in [3.05, 3.63) is 35.9 Å². The number of rotatable bonds is 7. The van der Waals surface area contributed by atoms with Crippen LogP contribution in [-0.4, -0.2) is 27.7 Å². The summed E-state index contributed by atoms with van der Waals surface area (Å²) in [6, 6.07) is 5.16. The molecule has 0 fully saturated rings. The van der Waals surface area contributed by atoms with Gasteiger partial charge in [0.1, 0.15) is 24.4 Å². The number of carbonyl (C=O) groups is 1. The Bertz CT molecular complexity index is 581. The van der Waals surface area contributed by atoms with Gasteiger partial charge in [-0.1, -0.05) is 6.92 Å². The molecular weight excluding hydrogens is 258 g/mol. The lowest BCUT2D eigenvalue weighted by atomic mass is 10.2. The van der Waals surface area contributed by atoms with E-state index in [9.17, 15) is 4.79 Å². The molecule has 0 saturated carbocycles. The minimum absolute atomic E-state index is 0.245. The van der Waals surface area contributed by atoms with Gasteiger partial charge in [-0.25, -0.2) is 4.98 Å². The number of hydrogen-bond donors (Lipinski definition) is 0. The van der Waals surface area contributed by atoms with E-state index in [1.54, 1.807) is 29.9 Å². The number of carbonyl (C=O) groups excluding carboxylic acids is 1. The quantitative estimate of drug-likeness (QED) is 0.723. The molecule has 1 aromatic heterocycles. The van der Waals surface area contributed by atoms with Gasteiger partial charge in [-0.05, 0) is 18.6 Å². The molecule has 2 aromatic rings. The summed E-state index contributed by atoms with van der Waals surface area (Å²) in [5.41, 5.74) is 0.482. The van der Waals surface area contributed by atoms with Crippen molar-refractivity contribution in [1.82, 2.24) is 14.8 Å². The Morgan fingerprint density at radius 3 is 2.85 bits per heavy atom. The predicted octanol–water partition coefficient (Wildman–Crippen LogP) is 2.00.